The molecular formula is C11H13ClN4O4. The van der Waals surface area contributed by atoms with E-state index in [1.165, 1.54) is 17.1 Å². The van der Waals surface area contributed by atoms with Crippen LogP contribution in [0, 0.1) is 0 Å². The SMILES string of the molecule is Nc1ncc(Cl)c2c1ncn2[C@@H]1O[C@H](CO)[C@@H](O)[C@H]1O. The molecular weight excluding hydrogens is 288 g/mol. The van der Waals surface area contributed by atoms with Crippen LogP contribution in [-0.2, 0) is 4.74 Å². The van der Waals surface area contributed by atoms with E-state index < -0.39 is 31.1 Å². The fraction of sp³-hybridized carbons (Fsp3) is 0.455. The molecule has 0 amide bonds. The van der Waals surface area contributed by atoms with Gasteiger partial charge in [-0.05, 0) is 0 Å². The zero-order valence-electron chi connectivity index (χ0n) is 10.2. The lowest BCUT2D eigenvalue weighted by atomic mass is 10.1. The van der Waals surface area contributed by atoms with E-state index in [0.29, 0.717) is 16.1 Å². The lowest BCUT2D eigenvalue weighted by Gasteiger charge is -2.17. The molecule has 0 aromatic carbocycles. The average molecular weight is 301 g/mol. The molecule has 108 valence electrons. The fourth-order valence-electron chi connectivity index (χ4n) is 2.34. The second-order valence-corrected chi connectivity index (χ2v) is 4.98. The number of aliphatic hydroxyl groups excluding tert-OH is 3. The highest BCUT2D eigenvalue weighted by atomic mass is 35.5. The van der Waals surface area contributed by atoms with Crippen molar-refractivity contribution in [1.29, 1.82) is 0 Å². The largest absolute Gasteiger partial charge is 0.394 e. The number of rotatable bonds is 2. The summed E-state index contributed by atoms with van der Waals surface area (Å²) in [5.41, 5.74) is 6.55. The Hall–Kier alpha value is -1.45. The highest BCUT2D eigenvalue weighted by Gasteiger charge is 2.43. The first-order valence-corrected chi connectivity index (χ1v) is 6.31. The molecule has 0 saturated carbocycles. The molecule has 3 rings (SSSR count). The molecule has 1 fully saturated rings. The summed E-state index contributed by atoms with van der Waals surface area (Å²) in [6.45, 7) is -0.404. The summed E-state index contributed by atoms with van der Waals surface area (Å²) in [6.07, 6.45) is -1.42. The minimum atomic E-state index is -1.21. The van der Waals surface area contributed by atoms with Crippen LogP contribution in [0.2, 0.25) is 5.02 Å². The van der Waals surface area contributed by atoms with Crippen molar-refractivity contribution in [2.45, 2.75) is 24.5 Å². The quantitative estimate of drug-likeness (QED) is 0.576. The highest BCUT2D eigenvalue weighted by Crippen LogP contribution is 2.34. The van der Waals surface area contributed by atoms with Crippen molar-refractivity contribution < 1.29 is 20.1 Å². The van der Waals surface area contributed by atoms with Gasteiger partial charge in [-0.3, -0.25) is 4.57 Å². The second-order valence-electron chi connectivity index (χ2n) is 4.57. The first kappa shape index (κ1) is 13.5. The number of aliphatic hydroxyl groups is 3. The number of aromatic nitrogens is 3. The minimum absolute atomic E-state index is 0.204. The molecule has 0 unspecified atom stereocenters. The predicted molar refractivity (Wildman–Crippen MR) is 70.0 cm³/mol. The molecule has 8 nitrogen and oxygen atoms in total. The Labute approximate surface area is 118 Å². The summed E-state index contributed by atoms with van der Waals surface area (Å²) in [5, 5.41) is 29.2. The molecule has 0 aliphatic carbocycles. The van der Waals surface area contributed by atoms with Crippen molar-refractivity contribution in [2.75, 3.05) is 12.3 Å². The lowest BCUT2D eigenvalue weighted by molar-refractivity contribution is -0.0508. The Balaban J connectivity index is 2.10. The Morgan fingerprint density at radius 3 is 2.75 bits per heavy atom. The Kier molecular flexibility index (Phi) is 3.27. The number of anilines is 1. The third kappa shape index (κ3) is 1.85. The molecule has 5 N–H and O–H groups in total. The van der Waals surface area contributed by atoms with Crippen LogP contribution in [0.3, 0.4) is 0 Å². The number of imidazole rings is 1. The number of nitrogens with zero attached hydrogens (tertiary/aromatic N) is 3. The number of halogens is 1. The van der Waals surface area contributed by atoms with E-state index in [0.717, 1.165) is 0 Å². The molecule has 0 spiro atoms. The maximum atomic E-state index is 10.0. The molecule has 9 heteroatoms. The molecule has 1 aliphatic rings. The number of hydrogen-bond donors (Lipinski definition) is 4. The summed E-state index contributed by atoms with van der Waals surface area (Å²) in [5.74, 6) is 0.204. The van der Waals surface area contributed by atoms with Gasteiger partial charge in [0.15, 0.2) is 12.0 Å². The molecule has 20 heavy (non-hydrogen) atoms. The van der Waals surface area contributed by atoms with Crippen LogP contribution >= 0.6 is 11.6 Å². The zero-order chi connectivity index (χ0) is 14.4. The standard InChI is InChI=1S/C11H13ClN4O4/c12-4-1-14-10(13)6-7(4)16(3-15-6)11-9(19)8(18)5(2-17)20-11/h1,3,5,8-9,11,17-19H,2H2,(H2,13,14)/t5-,8-,9-,11-/m1/s1. The zero-order valence-corrected chi connectivity index (χ0v) is 11.0. The van der Waals surface area contributed by atoms with Crippen LogP contribution in [-0.4, -0.2) is 54.8 Å². The topological polar surface area (TPSA) is 127 Å². The number of nitrogen functional groups attached to an aromatic ring is 1. The number of ether oxygens (including phenoxy) is 1. The van der Waals surface area contributed by atoms with Gasteiger partial charge in [-0.2, -0.15) is 0 Å². The van der Waals surface area contributed by atoms with Crippen molar-refractivity contribution in [2.24, 2.45) is 0 Å². The smallest absolute Gasteiger partial charge is 0.164 e. The van der Waals surface area contributed by atoms with E-state index in [2.05, 4.69) is 9.97 Å². The first-order valence-electron chi connectivity index (χ1n) is 5.93. The van der Waals surface area contributed by atoms with Crippen LogP contribution < -0.4 is 5.73 Å². The fourth-order valence-corrected chi connectivity index (χ4v) is 2.57. The average Bonchev–Trinajstić information content (AvgIpc) is 2.99. The number of fused-ring (bicyclic) bond motifs is 1. The van der Waals surface area contributed by atoms with Crippen molar-refractivity contribution in [1.82, 2.24) is 14.5 Å². The maximum absolute atomic E-state index is 10.0. The van der Waals surface area contributed by atoms with Gasteiger partial charge in [0, 0.05) is 0 Å². The summed E-state index contributed by atoms with van der Waals surface area (Å²) in [4.78, 5) is 7.98. The molecule has 1 saturated heterocycles. The monoisotopic (exact) mass is 300 g/mol. The summed E-state index contributed by atoms with van der Waals surface area (Å²) >= 11 is 6.08. The van der Waals surface area contributed by atoms with Gasteiger partial charge in [0.1, 0.15) is 23.8 Å². The maximum Gasteiger partial charge on any atom is 0.164 e. The van der Waals surface area contributed by atoms with E-state index >= 15 is 0 Å². The van der Waals surface area contributed by atoms with E-state index in [1.807, 2.05) is 0 Å². The molecule has 4 atom stereocenters. The van der Waals surface area contributed by atoms with Gasteiger partial charge < -0.3 is 25.8 Å². The van der Waals surface area contributed by atoms with Crippen molar-refractivity contribution in [3.05, 3.63) is 17.5 Å². The lowest BCUT2D eigenvalue weighted by Crippen LogP contribution is -2.33. The number of pyridine rings is 1. The second kappa shape index (κ2) is 4.83. The van der Waals surface area contributed by atoms with Gasteiger partial charge in [0.25, 0.3) is 0 Å². The van der Waals surface area contributed by atoms with Crippen molar-refractivity contribution >= 4 is 28.5 Å². The Morgan fingerprint density at radius 2 is 2.10 bits per heavy atom. The van der Waals surface area contributed by atoms with Crippen LogP contribution in [0.4, 0.5) is 5.82 Å². The van der Waals surface area contributed by atoms with E-state index in [4.69, 9.17) is 27.2 Å². The summed E-state index contributed by atoms with van der Waals surface area (Å²) < 4.78 is 6.91. The Bertz CT molecular complexity index is 649. The van der Waals surface area contributed by atoms with Gasteiger partial charge in [-0.1, -0.05) is 11.6 Å². The molecule has 1 aliphatic heterocycles. The molecule has 2 aromatic rings. The van der Waals surface area contributed by atoms with Crippen LogP contribution in [0.25, 0.3) is 11.0 Å². The van der Waals surface area contributed by atoms with Crippen LogP contribution in [0.5, 0.6) is 0 Å². The van der Waals surface area contributed by atoms with Gasteiger partial charge >= 0.3 is 0 Å². The molecule has 3 heterocycles. The third-order valence-corrected chi connectivity index (χ3v) is 3.65. The molecule has 0 radical (unpaired) electrons. The van der Waals surface area contributed by atoms with Crippen molar-refractivity contribution in [3.63, 3.8) is 0 Å². The van der Waals surface area contributed by atoms with E-state index in [1.54, 1.807) is 0 Å². The summed E-state index contributed by atoms with van der Waals surface area (Å²) in [6, 6.07) is 0. The molecule has 2 aromatic heterocycles. The number of nitrogens with two attached hydrogens (primary N) is 1. The van der Waals surface area contributed by atoms with Gasteiger partial charge in [0.2, 0.25) is 0 Å². The minimum Gasteiger partial charge on any atom is -0.394 e. The Morgan fingerprint density at radius 1 is 1.35 bits per heavy atom. The third-order valence-electron chi connectivity index (χ3n) is 3.37. The van der Waals surface area contributed by atoms with Gasteiger partial charge in [-0.15, -0.1) is 0 Å². The highest BCUT2D eigenvalue weighted by molar-refractivity contribution is 6.35. The first-order chi connectivity index (χ1) is 9.54. The predicted octanol–water partition coefficient (Wildman–Crippen LogP) is -0.722. The van der Waals surface area contributed by atoms with E-state index in [-0.39, 0.29) is 5.82 Å². The number of hydrogen-bond acceptors (Lipinski definition) is 7. The van der Waals surface area contributed by atoms with Crippen molar-refractivity contribution in [3.8, 4) is 0 Å². The van der Waals surface area contributed by atoms with E-state index in [9.17, 15) is 10.2 Å². The van der Waals surface area contributed by atoms with Crippen LogP contribution in [0.15, 0.2) is 12.5 Å². The van der Waals surface area contributed by atoms with Gasteiger partial charge in [-0.25, -0.2) is 9.97 Å². The van der Waals surface area contributed by atoms with Gasteiger partial charge in [0.05, 0.1) is 29.7 Å². The summed E-state index contributed by atoms with van der Waals surface area (Å²) in [7, 11) is 0. The van der Waals surface area contributed by atoms with Crippen LogP contribution in [0.1, 0.15) is 6.23 Å². The molecule has 0 bridgehead atoms. The normalized spacial score (nSPS) is 30.2.